The van der Waals surface area contributed by atoms with Gasteiger partial charge < -0.3 is 18.1 Å². The number of rotatable bonds is 11. The van der Waals surface area contributed by atoms with Crippen LogP contribution in [0.15, 0.2) is 97.1 Å². The lowest BCUT2D eigenvalue weighted by Gasteiger charge is -2.35. The van der Waals surface area contributed by atoms with Crippen LogP contribution in [0.2, 0.25) is 0 Å². The molecule has 0 aliphatic heterocycles. The van der Waals surface area contributed by atoms with E-state index in [-0.39, 0.29) is 43.3 Å². The summed E-state index contributed by atoms with van der Waals surface area (Å²) in [6.45, 7) is 60.5. The van der Waals surface area contributed by atoms with Gasteiger partial charge in [0.2, 0.25) is 0 Å². The molecule has 0 spiro atoms. The summed E-state index contributed by atoms with van der Waals surface area (Å²) in [4.78, 5) is 0. The van der Waals surface area contributed by atoms with E-state index in [1.54, 1.807) is 0 Å². The largest absolute Gasteiger partial charge is 0.462 e. The van der Waals surface area contributed by atoms with Gasteiger partial charge >= 0.3 is 15.2 Å². The van der Waals surface area contributed by atoms with Gasteiger partial charge in [-0.2, -0.15) is 0 Å². The van der Waals surface area contributed by atoms with Crippen LogP contribution in [0.3, 0.4) is 0 Å². The van der Waals surface area contributed by atoms with Crippen LogP contribution in [0.4, 0.5) is 0 Å². The molecule has 0 radical (unpaired) electrons. The fourth-order valence-electron chi connectivity index (χ4n) is 11.6. The summed E-state index contributed by atoms with van der Waals surface area (Å²) < 4.78 is 62.4. The molecule has 8 heteroatoms. The van der Waals surface area contributed by atoms with E-state index >= 15 is 9.13 Å². The van der Waals surface area contributed by atoms with Crippen molar-refractivity contribution in [3.05, 3.63) is 164 Å². The van der Waals surface area contributed by atoms with Crippen LogP contribution < -0.4 is 28.7 Å². The van der Waals surface area contributed by atoms with Crippen molar-refractivity contribution in [2.24, 2.45) is 0 Å². The smallest absolute Gasteiger partial charge is 0.412 e. The van der Waals surface area contributed by atoms with Crippen molar-refractivity contribution < 1.29 is 27.2 Å². The highest BCUT2D eigenvalue weighted by molar-refractivity contribution is 7.63. The summed E-state index contributed by atoms with van der Waals surface area (Å²) >= 11 is 0. The SMILES string of the molecule is Cc1ccc(C(C)(C)C)c(OP(=O)(Oc2c(C(C)(C)C)ccc(C)c2C(C)(C)C)c2ccc(-c3ccc(P(=O)(Oc4c(C(C)(C)C)ccc(C)c4C(C)(C)C)Oc4c(C(C)(C)C)ccc(C)c4C(C)(C)C)cc3)cc2)c1C(C)(C)C. The maximum absolute atomic E-state index is 16.7. The normalized spacial score (nSPS) is 13.6. The van der Waals surface area contributed by atoms with Crippen molar-refractivity contribution in [1.82, 2.24) is 0 Å². The molecule has 0 aromatic heterocycles. The van der Waals surface area contributed by atoms with Gasteiger partial charge in [0.25, 0.3) is 0 Å². The van der Waals surface area contributed by atoms with Crippen molar-refractivity contribution in [1.29, 1.82) is 0 Å². The molecule has 0 fully saturated rings. The molecule has 80 heavy (non-hydrogen) atoms. The Morgan fingerprint density at radius 3 is 0.575 bits per heavy atom. The van der Waals surface area contributed by atoms with E-state index in [4.69, 9.17) is 18.1 Å². The third-order valence-corrected chi connectivity index (χ3v) is 18.8. The van der Waals surface area contributed by atoms with Gasteiger partial charge in [-0.05, 0) is 129 Å². The van der Waals surface area contributed by atoms with Gasteiger partial charge in [-0.1, -0.05) is 239 Å². The quantitative estimate of drug-likeness (QED) is 0.120. The summed E-state index contributed by atoms with van der Waals surface area (Å²) in [5.74, 6) is 2.37. The van der Waals surface area contributed by atoms with Gasteiger partial charge in [0.15, 0.2) is 0 Å². The molecule has 6 rings (SSSR count). The van der Waals surface area contributed by atoms with Crippen LogP contribution in [0, 0.1) is 27.7 Å². The van der Waals surface area contributed by atoms with Gasteiger partial charge in [-0.3, -0.25) is 0 Å². The van der Waals surface area contributed by atoms with E-state index in [9.17, 15) is 0 Å². The van der Waals surface area contributed by atoms with E-state index in [1.165, 1.54) is 0 Å². The van der Waals surface area contributed by atoms with E-state index in [2.05, 4.69) is 242 Å². The Bertz CT molecular complexity index is 2950. The van der Waals surface area contributed by atoms with Gasteiger partial charge in [0.1, 0.15) is 23.0 Å². The van der Waals surface area contributed by atoms with Crippen LogP contribution in [0.25, 0.3) is 11.1 Å². The summed E-state index contributed by atoms with van der Waals surface area (Å²) in [6, 6.07) is 32.5. The summed E-state index contributed by atoms with van der Waals surface area (Å²) in [7, 11) is -8.58. The highest BCUT2D eigenvalue weighted by Gasteiger charge is 2.43. The van der Waals surface area contributed by atoms with Crippen LogP contribution in [-0.4, -0.2) is 0 Å². The number of benzene rings is 6. The predicted molar refractivity (Wildman–Crippen MR) is 343 cm³/mol. The molecule has 0 unspecified atom stereocenters. The second kappa shape index (κ2) is 21.6. The Labute approximate surface area is 485 Å². The molecule has 0 saturated heterocycles. The van der Waals surface area contributed by atoms with Crippen molar-refractivity contribution in [2.45, 2.75) is 237 Å². The second-order valence-corrected chi connectivity index (χ2v) is 34.7. The third-order valence-electron chi connectivity index (χ3n) is 15.2. The molecule has 0 aliphatic rings. The van der Waals surface area contributed by atoms with E-state index in [0.29, 0.717) is 33.6 Å². The Hall–Kier alpha value is -5.02. The van der Waals surface area contributed by atoms with Crippen LogP contribution in [0.5, 0.6) is 23.0 Å². The second-order valence-electron chi connectivity index (χ2n) is 31.0. The molecule has 0 aliphatic carbocycles. The Morgan fingerprint density at radius 1 is 0.250 bits per heavy atom. The Balaban J connectivity index is 1.60. The average molecular weight is 1120 g/mol. The lowest BCUT2D eigenvalue weighted by Crippen LogP contribution is -2.25. The van der Waals surface area contributed by atoms with E-state index in [0.717, 1.165) is 77.9 Å². The molecule has 0 atom stereocenters. The Kier molecular flexibility index (Phi) is 17.3. The summed E-state index contributed by atoms with van der Waals surface area (Å²) in [5, 5.41) is 0.855. The lowest BCUT2D eigenvalue weighted by molar-refractivity contribution is 0.373. The fraction of sp³-hybridized carbons (Fsp3) is 0.500. The maximum Gasteiger partial charge on any atom is 0.462 e. The summed E-state index contributed by atoms with van der Waals surface area (Å²) in [5.41, 5.74) is 10.9. The molecule has 0 saturated carbocycles. The van der Waals surface area contributed by atoms with Crippen LogP contribution in [0.1, 0.15) is 233 Å². The van der Waals surface area contributed by atoms with Crippen molar-refractivity contribution >= 4 is 25.8 Å². The predicted octanol–water partition coefficient (Wildman–Crippen LogP) is 20.9. The molecule has 6 aromatic carbocycles. The molecule has 6 nitrogen and oxygen atoms in total. The van der Waals surface area contributed by atoms with Crippen LogP contribution >= 0.6 is 15.2 Å². The topological polar surface area (TPSA) is 71.1 Å². The fourth-order valence-corrected chi connectivity index (χ4v) is 14.8. The van der Waals surface area contributed by atoms with Crippen molar-refractivity contribution in [3.63, 3.8) is 0 Å². The van der Waals surface area contributed by atoms with Gasteiger partial charge in [0, 0.05) is 44.5 Å². The third kappa shape index (κ3) is 13.6. The van der Waals surface area contributed by atoms with E-state index < -0.39 is 15.2 Å². The molecule has 0 heterocycles. The zero-order valence-electron chi connectivity index (χ0n) is 54.6. The first kappa shape index (κ1) is 64.2. The van der Waals surface area contributed by atoms with E-state index in [1.807, 2.05) is 48.5 Å². The van der Waals surface area contributed by atoms with Crippen molar-refractivity contribution in [3.8, 4) is 34.1 Å². The molecular formula is C72H100O6P2. The maximum atomic E-state index is 16.7. The van der Waals surface area contributed by atoms with Crippen molar-refractivity contribution in [2.75, 3.05) is 0 Å². The number of aryl methyl sites for hydroxylation is 4. The molecule has 0 amide bonds. The average Bonchev–Trinajstić information content (AvgIpc) is 3.25. The molecule has 6 aromatic rings. The molecule has 434 valence electrons. The van der Waals surface area contributed by atoms with Gasteiger partial charge in [0.05, 0.1) is 10.6 Å². The van der Waals surface area contributed by atoms with Gasteiger partial charge in [-0.25, -0.2) is 9.13 Å². The highest BCUT2D eigenvalue weighted by atomic mass is 31.2. The molecule has 0 bridgehead atoms. The zero-order chi connectivity index (χ0) is 60.7. The van der Waals surface area contributed by atoms with Gasteiger partial charge in [-0.15, -0.1) is 0 Å². The minimum absolute atomic E-state index is 0.353. The standard InChI is InChI=1S/C72H100O6P2/c1-45-29-41-53(65(5,6)7)61(57(45)69(17,18)19)75-79(73,76-62-54(66(8,9)10)42-30-46(2)58(62)70(20,21)22)51-37-33-49(34-38-51)50-35-39-52(40-36-50)80(74,77-63-55(67(11,12)13)43-31-47(3)59(63)71(23,24)25)78-64-56(68(14,15)16)44-32-48(4)60(64)72(26,27)28/h29-44H,1-28H3. The number of hydrogen-bond acceptors (Lipinski definition) is 6. The first-order valence-electron chi connectivity index (χ1n) is 28.9. The first-order valence-corrected chi connectivity index (χ1v) is 32.0. The minimum Gasteiger partial charge on any atom is -0.412 e. The molecular weight excluding hydrogens is 1020 g/mol. The Morgan fingerprint density at radius 2 is 0.425 bits per heavy atom. The summed E-state index contributed by atoms with van der Waals surface area (Å²) in [6.07, 6.45) is 0. The monoisotopic (exact) mass is 1120 g/mol. The van der Waals surface area contributed by atoms with Crippen LogP contribution in [-0.2, 0) is 52.5 Å². The molecule has 0 N–H and O–H groups in total. The first-order chi connectivity index (χ1) is 36.1. The lowest BCUT2D eigenvalue weighted by atomic mass is 9.77. The zero-order valence-corrected chi connectivity index (χ0v) is 56.4. The highest BCUT2D eigenvalue weighted by Crippen LogP contribution is 2.58. The minimum atomic E-state index is -4.29. The number of hydrogen-bond donors (Lipinski definition) is 0.